The predicted molar refractivity (Wildman–Crippen MR) is 98.4 cm³/mol. The van der Waals surface area contributed by atoms with Gasteiger partial charge in [-0.3, -0.25) is 4.79 Å². The maximum absolute atomic E-state index is 12.1. The second-order valence-electron chi connectivity index (χ2n) is 4.98. The molecule has 1 amide bonds. The standard InChI is InChI=1S/C17H12Cl2N2OS/c1-10-2-6-13(7-3-10)20-17-21-16(22)15(23-17)8-11-4-5-12(18)9-14(11)19/h2-9H,1H3,(H,20,21,22). The summed E-state index contributed by atoms with van der Waals surface area (Å²) in [5.74, 6) is -0.188. The van der Waals surface area contributed by atoms with Gasteiger partial charge in [-0.15, -0.1) is 0 Å². The molecule has 0 aromatic heterocycles. The van der Waals surface area contributed by atoms with Crippen LogP contribution < -0.4 is 5.32 Å². The van der Waals surface area contributed by atoms with Gasteiger partial charge in [-0.25, -0.2) is 4.99 Å². The van der Waals surface area contributed by atoms with Crippen LogP contribution in [0.3, 0.4) is 0 Å². The van der Waals surface area contributed by atoms with E-state index in [-0.39, 0.29) is 5.91 Å². The second-order valence-corrected chi connectivity index (χ2v) is 6.86. The van der Waals surface area contributed by atoms with Gasteiger partial charge in [0.15, 0.2) is 5.17 Å². The number of nitrogens with zero attached hydrogens (tertiary/aromatic N) is 1. The van der Waals surface area contributed by atoms with E-state index in [1.54, 1.807) is 24.3 Å². The molecule has 1 heterocycles. The van der Waals surface area contributed by atoms with Crippen molar-refractivity contribution >= 4 is 57.8 Å². The van der Waals surface area contributed by atoms with E-state index in [9.17, 15) is 4.79 Å². The lowest BCUT2D eigenvalue weighted by atomic mass is 10.2. The molecule has 3 nitrogen and oxygen atoms in total. The number of halogens is 2. The van der Waals surface area contributed by atoms with Crippen LogP contribution in [-0.2, 0) is 4.79 Å². The average molecular weight is 363 g/mol. The lowest BCUT2D eigenvalue weighted by molar-refractivity contribution is -0.115. The van der Waals surface area contributed by atoms with Gasteiger partial charge in [-0.05, 0) is 54.6 Å². The fraction of sp³-hybridized carbons (Fsp3) is 0.0588. The molecule has 0 aliphatic carbocycles. The van der Waals surface area contributed by atoms with E-state index in [2.05, 4.69) is 10.3 Å². The minimum atomic E-state index is -0.188. The van der Waals surface area contributed by atoms with Crippen LogP contribution in [0.5, 0.6) is 0 Å². The Kier molecular flexibility index (Phi) is 4.76. The Bertz CT molecular complexity index is 829. The maximum Gasteiger partial charge on any atom is 0.264 e. The first-order valence-electron chi connectivity index (χ1n) is 6.82. The molecule has 6 heteroatoms. The first kappa shape index (κ1) is 16.1. The summed E-state index contributed by atoms with van der Waals surface area (Å²) < 4.78 is 0. The number of amides is 1. The van der Waals surface area contributed by atoms with Crippen LogP contribution in [0, 0.1) is 6.92 Å². The number of aliphatic imine (C=N–C) groups is 1. The molecular formula is C17H12Cl2N2OS. The molecule has 1 aliphatic heterocycles. The summed E-state index contributed by atoms with van der Waals surface area (Å²) in [6.07, 6.45) is 1.73. The summed E-state index contributed by atoms with van der Waals surface area (Å²) in [6, 6.07) is 12.9. The summed E-state index contributed by atoms with van der Waals surface area (Å²) in [7, 11) is 0. The molecule has 0 radical (unpaired) electrons. The predicted octanol–water partition coefficient (Wildman–Crippen LogP) is 5.19. The highest BCUT2D eigenvalue weighted by Crippen LogP contribution is 2.30. The molecule has 0 unspecified atom stereocenters. The Labute approximate surface area is 148 Å². The lowest BCUT2D eigenvalue weighted by Gasteiger charge is -1.99. The monoisotopic (exact) mass is 362 g/mol. The molecule has 2 aromatic carbocycles. The van der Waals surface area contributed by atoms with Crippen LogP contribution in [0.2, 0.25) is 10.0 Å². The van der Waals surface area contributed by atoms with Gasteiger partial charge in [0.1, 0.15) is 0 Å². The van der Waals surface area contributed by atoms with E-state index in [1.165, 1.54) is 11.8 Å². The molecule has 1 aliphatic rings. The zero-order valence-electron chi connectivity index (χ0n) is 12.1. The van der Waals surface area contributed by atoms with Gasteiger partial charge in [-0.2, -0.15) is 0 Å². The van der Waals surface area contributed by atoms with Crippen LogP contribution in [0.1, 0.15) is 11.1 Å². The van der Waals surface area contributed by atoms with E-state index in [4.69, 9.17) is 23.2 Å². The topological polar surface area (TPSA) is 41.5 Å². The fourth-order valence-electron chi connectivity index (χ4n) is 1.98. The quantitative estimate of drug-likeness (QED) is 0.746. The molecule has 1 fully saturated rings. The van der Waals surface area contributed by atoms with Crippen LogP contribution in [0.4, 0.5) is 5.69 Å². The Morgan fingerprint density at radius 2 is 1.87 bits per heavy atom. The molecule has 23 heavy (non-hydrogen) atoms. The van der Waals surface area contributed by atoms with E-state index < -0.39 is 0 Å². The smallest absolute Gasteiger partial charge is 0.264 e. The number of hydrogen-bond acceptors (Lipinski definition) is 3. The minimum Gasteiger partial charge on any atom is -0.300 e. The van der Waals surface area contributed by atoms with E-state index in [1.807, 2.05) is 31.2 Å². The number of hydrogen-bond donors (Lipinski definition) is 1. The van der Waals surface area contributed by atoms with E-state index in [0.29, 0.717) is 20.1 Å². The molecule has 0 saturated carbocycles. The van der Waals surface area contributed by atoms with Crippen LogP contribution in [0.15, 0.2) is 52.4 Å². The molecule has 0 atom stereocenters. The number of thioether (sulfide) groups is 1. The van der Waals surface area contributed by atoms with Crippen LogP contribution in [-0.4, -0.2) is 11.1 Å². The highest BCUT2D eigenvalue weighted by atomic mass is 35.5. The third-order valence-electron chi connectivity index (χ3n) is 3.16. The van der Waals surface area contributed by atoms with Crippen molar-refractivity contribution in [3.8, 4) is 0 Å². The van der Waals surface area contributed by atoms with Crippen molar-refractivity contribution in [1.82, 2.24) is 5.32 Å². The van der Waals surface area contributed by atoms with Gasteiger partial charge >= 0.3 is 0 Å². The first-order chi connectivity index (χ1) is 11.0. The average Bonchev–Trinajstić information content (AvgIpc) is 2.84. The van der Waals surface area contributed by atoms with E-state index >= 15 is 0 Å². The van der Waals surface area contributed by atoms with Gasteiger partial charge in [0, 0.05) is 10.0 Å². The fourth-order valence-corrected chi connectivity index (χ4v) is 3.27. The number of carbonyl (C=O) groups is 1. The molecule has 3 rings (SSSR count). The largest absolute Gasteiger partial charge is 0.300 e. The number of carbonyl (C=O) groups excluding carboxylic acids is 1. The zero-order valence-corrected chi connectivity index (χ0v) is 14.5. The van der Waals surface area contributed by atoms with Gasteiger partial charge < -0.3 is 5.32 Å². The minimum absolute atomic E-state index is 0.188. The lowest BCUT2D eigenvalue weighted by Crippen LogP contribution is -2.19. The van der Waals surface area contributed by atoms with Gasteiger partial charge in [0.25, 0.3) is 5.91 Å². The van der Waals surface area contributed by atoms with Crippen molar-refractivity contribution in [3.63, 3.8) is 0 Å². The Morgan fingerprint density at radius 1 is 1.13 bits per heavy atom. The molecule has 0 spiro atoms. The number of benzene rings is 2. The highest BCUT2D eigenvalue weighted by Gasteiger charge is 2.24. The molecule has 1 saturated heterocycles. The molecular weight excluding hydrogens is 351 g/mol. The number of aryl methyl sites for hydroxylation is 1. The second kappa shape index (κ2) is 6.79. The third kappa shape index (κ3) is 3.96. The molecule has 116 valence electrons. The Balaban J connectivity index is 1.84. The van der Waals surface area contributed by atoms with Crippen molar-refractivity contribution in [2.75, 3.05) is 0 Å². The van der Waals surface area contributed by atoms with Crippen LogP contribution in [0.25, 0.3) is 6.08 Å². The Hall–Kier alpha value is -1.75. The normalized spacial score (nSPS) is 17.8. The Morgan fingerprint density at radius 3 is 2.57 bits per heavy atom. The number of amidine groups is 1. The van der Waals surface area contributed by atoms with Crippen molar-refractivity contribution in [2.45, 2.75) is 6.92 Å². The molecule has 0 bridgehead atoms. The highest BCUT2D eigenvalue weighted by molar-refractivity contribution is 8.18. The SMILES string of the molecule is Cc1ccc(N=C2NC(=O)C(=Cc3ccc(Cl)cc3Cl)S2)cc1. The van der Waals surface area contributed by atoms with Crippen LogP contribution >= 0.6 is 35.0 Å². The zero-order chi connectivity index (χ0) is 16.4. The molecule has 2 aromatic rings. The summed E-state index contributed by atoms with van der Waals surface area (Å²) in [5, 5.41) is 4.37. The summed E-state index contributed by atoms with van der Waals surface area (Å²) in [4.78, 5) is 17.0. The first-order valence-corrected chi connectivity index (χ1v) is 8.40. The molecule has 1 N–H and O–H groups in total. The van der Waals surface area contributed by atoms with Crippen molar-refractivity contribution in [3.05, 3.63) is 68.5 Å². The summed E-state index contributed by atoms with van der Waals surface area (Å²) >= 11 is 13.3. The third-order valence-corrected chi connectivity index (χ3v) is 4.64. The summed E-state index contributed by atoms with van der Waals surface area (Å²) in [5.41, 5.74) is 2.70. The maximum atomic E-state index is 12.1. The van der Waals surface area contributed by atoms with E-state index in [0.717, 1.165) is 16.8 Å². The van der Waals surface area contributed by atoms with Gasteiger partial charge in [-0.1, -0.05) is 47.0 Å². The van der Waals surface area contributed by atoms with Gasteiger partial charge in [0.05, 0.1) is 10.6 Å². The number of nitrogens with one attached hydrogen (secondary N) is 1. The van der Waals surface area contributed by atoms with Crippen molar-refractivity contribution in [1.29, 1.82) is 0 Å². The number of rotatable bonds is 2. The van der Waals surface area contributed by atoms with Gasteiger partial charge in [0.2, 0.25) is 0 Å². The summed E-state index contributed by atoms with van der Waals surface area (Å²) in [6.45, 7) is 2.01. The van der Waals surface area contributed by atoms with Crippen molar-refractivity contribution in [2.24, 2.45) is 4.99 Å². The van der Waals surface area contributed by atoms with Crippen molar-refractivity contribution < 1.29 is 4.79 Å².